The minimum Gasteiger partial charge on any atom is -0.294 e. The first-order valence-corrected chi connectivity index (χ1v) is 7.55. The summed E-state index contributed by atoms with van der Waals surface area (Å²) in [5, 5.41) is 4.25. The first-order chi connectivity index (χ1) is 11.1. The Morgan fingerprint density at radius 3 is 2.74 bits per heavy atom. The second kappa shape index (κ2) is 6.71. The number of halogens is 1. The summed E-state index contributed by atoms with van der Waals surface area (Å²) in [7, 11) is 2.01. The topological polar surface area (TPSA) is 34.0 Å². The molecule has 0 saturated carbocycles. The van der Waals surface area contributed by atoms with Crippen molar-refractivity contribution < 1.29 is 4.39 Å². The molecule has 0 unspecified atom stereocenters. The zero-order valence-electron chi connectivity index (χ0n) is 13.2. The molecule has 0 fully saturated rings. The van der Waals surface area contributed by atoms with Gasteiger partial charge in [0.15, 0.2) is 0 Å². The normalized spacial score (nSPS) is 12.5. The molecule has 23 heavy (non-hydrogen) atoms. The average Bonchev–Trinajstić information content (AvgIpc) is 3.09. The van der Waals surface area contributed by atoms with Crippen LogP contribution in [0.2, 0.25) is 0 Å². The third-order valence-electron chi connectivity index (χ3n) is 3.99. The average molecular weight is 310 g/mol. The number of nitrogens with zero attached hydrogens (tertiary/aromatic N) is 4. The van der Waals surface area contributed by atoms with Gasteiger partial charge in [0.25, 0.3) is 0 Å². The van der Waals surface area contributed by atoms with Crippen molar-refractivity contribution in [3.05, 3.63) is 78.1 Å². The van der Waals surface area contributed by atoms with Gasteiger partial charge >= 0.3 is 0 Å². The molecule has 1 atom stereocenters. The monoisotopic (exact) mass is 310 g/mol. The van der Waals surface area contributed by atoms with Gasteiger partial charge in [-0.2, -0.15) is 5.10 Å². The Hall–Kier alpha value is -2.53. The van der Waals surface area contributed by atoms with E-state index in [0.29, 0.717) is 6.54 Å². The smallest absolute Gasteiger partial charge is 0.123 e. The highest BCUT2D eigenvalue weighted by molar-refractivity contribution is 5.40. The van der Waals surface area contributed by atoms with E-state index in [-0.39, 0.29) is 11.9 Å². The van der Waals surface area contributed by atoms with E-state index in [1.54, 1.807) is 29.2 Å². The van der Waals surface area contributed by atoms with Crippen LogP contribution in [0.1, 0.15) is 24.2 Å². The molecule has 0 spiro atoms. The number of pyridine rings is 1. The van der Waals surface area contributed by atoms with Gasteiger partial charge in [0.1, 0.15) is 5.82 Å². The highest BCUT2D eigenvalue weighted by atomic mass is 19.1. The predicted molar refractivity (Wildman–Crippen MR) is 87.6 cm³/mol. The Balaban J connectivity index is 1.86. The predicted octanol–water partition coefficient (Wildman–Crippen LogP) is 3.60. The number of benzene rings is 1. The molecule has 5 heteroatoms. The molecule has 0 saturated heterocycles. The molecule has 0 aliphatic carbocycles. The van der Waals surface area contributed by atoms with Gasteiger partial charge in [-0.05, 0) is 55.9 Å². The van der Waals surface area contributed by atoms with Gasteiger partial charge < -0.3 is 0 Å². The minimum absolute atomic E-state index is 0.130. The number of rotatable bonds is 5. The summed E-state index contributed by atoms with van der Waals surface area (Å²) in [5.74, 6) is -0.241. The van der Waals surface area contributed by atoms with Gasteiger partial charge in [-0.25, -0.2) is 9.07 Å². The van der Waals surface area contributed by atoms with Crippen molar-refractivity contribution in [2.75, 3.05) is 7.05 Å². The van der Waals surface area contributed by atoms with Crippen LogP contribution < -0.4 is 0 Å². The van der Waals surface area contributed by atoms with Crippen molar-refractivity contribution in [2.45, 2.75) is 19.5 Å². The number of hydrogen-bond donors (Lipinski definition) is 0. The molecule has 3 aromatic rings. The fourth-order valence-electron chi connectivity index (χ4n) is 2.57. The highest BCUT2D eigenvalue weighted by Gasteiger charge is 2.15. The zero-order chi connectivity index (χ0) is 16.2. The van der Waals surface area contributed by atoms with Crippen LogP contribution in [-0.4, -0.2) is 26.7 Å². The summed E-state index contributed by atoms with van der Waals surface area (Å²) in [6.45, 7) is 2.69. The maximum absolute atomic E-state index is 13.7. The summed E-state index contributed by atoms with van der Waals surface area (Å²) in [5.41, 5.74) is 2.77. The van der Waals surface area contributed by atoms with Crippen LogP contribution in [0.25, 0.3) is 5.69 Å². The van der Waals surface area contributed by atoms with Crippen LogP contribution in [0.5, 0.6) is 0 Å². The molecular weight excluding hydrogens is 291 g/mol. The minimum atomic E-state index is -0.241. The molecular formula is C18H19FN4. The van der Waals surface area contributed by atoms with Gasteiger partial charge in [-0.15, -0.1) is 0 Å². The van der Waals surface area contributed by atoms with Crippen molar-refractivity contribution in [2.24, 2.45) is 0 Å². The van der Waals surface area contributed by atoms with E-state index < -0.39 is 0 Å². The van der Waals surface area contributed by atoms with E-state index in [1.165, 1.54) is 6.07 Å². The fraction of sp³-hybridized carbons (Fsp3) is 0.222. The zero-order valence-corrected chi connectivity index (χ0v) is 13.2. The molecule has 0 bridgehead atoms. The van der Waals surface area contributed by atoms with Gasteiger partial charge in [-0.3, -0.25) is 9.88 Å². The van der Waals surface area contributed by atoms with Crippen molar-refractivity contribution in [3.63, 3.8) is 0 Å². The van der Waals surface area contributed by atoms with Crippen molar-refractivity contribution >= 4 is 0 Å². The first kappa shape index (κ1) is 15.4. The van der Waals surface area contributed by atoms with E-state index in [0.717, 1.165) is 16.9 Å². The van der Waals surface area contributed by atoms with E-state index >= 15 is 0 Å². The Bertz CT molecular complexity index is 756. The molecule has 0 N–H and O–H groups in total. The molecule has 4 nitrogen and oxygen atoms in total. The van der Waals surface area contributed by atoms with Gasteiger partial charge in [0.05, 0.1) is 11.4 Å². The van der Waals surface area contributed by atoms with Crippen LogP contribution in [0.4, 0.5) is 4.39 Å². The van der Waals surface area contributed by atoms with Crippen LogP contribution >= 0.6 is 0 Å². The van der Waals surface area contributed by atoms with Gasteiger partial charge in [0, 0.05) is 31.2 Å². The molecule has 118 valence electrons. The lowest BCUT2D eigenvalue weighted by molar-refractivity contribution is 0.248. The second-order valence-corrected chi connectivity index (χ2v) is 5.57. The Kier molecular flexibility index (Phi) is 4.48. The van der Waals surface area contributed by atoms with E-state index in [9.17, 15) is 4.39 Å². The summed E-state index contributed by atoms with van der Waals surface area (Å²) in [4.78, 5) is 6.54. The molecule has 3 rings (SSSR count). The number of hydrogen-bond acceptors (Lipinski definition) is 3. The van der Waals surface area contributed by atoms with E-state index in [4.69, 9.17) is 0 Å². The molecule has 1 aromatic carbocycles. The third kappa shape index (κ3) is 3.46. The van der Waals surface area contributed by atoms with Gasteiger partial charge in [-0.1, -0.05) is 6.07 Å². The summed E-state index contributed by atoms with van der Waals surface area (Å²) >= 11 is 0. The first-order valence-electron chi connectivity index (χ1n) is 7.55. The van der Waals surface area contributed by atoms with Crippen LogP contribution in [-0.2, 0) is 6.54 Å². The van der Waals surface area contributed by atoms with Gasteiger partial charge in [0.2, 0.25) is 0 Å². The van der Waals surface area contributed by atoms with Crippen LogP contribution in [0.15, 0.2) is 61.1 Å². The third-order valence-corrected chi connectivity index (χ3v) is 3.99. The Morgan fingerprint density at radius 2 is 2.04 bits per heavy atom. The van der Waals surface area contributed by atoms with Crippen LogP contribution in [0.3, 0.4) is 0 Å². The highest BCUT2D eigenvalue weighted by Crippen LogP contribution is 2.22. The number of aromatic nitrogens is 3. The maximum Gasteiger partial charge on any atom is 0.123 e. The largest absolute Gasteiger partial charge is 0.294 e. The molecule has 2 aromatic heterocycles. The summed E-state index contributed by atoms with van der Waals surface area (Å²) in [6, 6.07) is 12.7. The molecule has 0 amide bonds. The molecule has 0 radical (unpaired) electrons. The Morgan fingerprint density at radius 1 is 1.17 bits per heavy atom. The Labute approximate surface area is 135 Å². The van der Waals surface area contributed by atoms with Crippen molar-refractivity contribution in [1.82, 2.24) is 19.7 Å². The quantitative estimate of drug-likeness (QED) is 0.722. The molecule has 2 heterocycles. The van der Waals surface area contributed by atoms with Crippen LogP contribution in [0, 0.1) is 5.82 Å². The lowest BCUT2D eigenvalue weighted by Gasteiger charge is -2.25. The SMILES string of the molecule is C[C@H](c1ccccn1)N(C)Cc1cc(F)ccc1-n1cccn1. The fourth-order valence-corrected chi connectivity index (χ4v) is 2.57. The molecule has 0 aliphatic rings. The molecule has 0 aliphatic heterocycles. The lowest BCUT2D eigenvalue weighted by Crippen LogP contribution is -2.23. The standard InChI is InChI=1S/C18H19FN4/c1-14(17-6-3-4-9-20-17)22(2)13-15-12-16(19)7-8-18(15)23-11-5-10-21-23/h3-12,14H,13H2,1-2H3/t14-/m1/s1. The van der Waals surface area contributed by atoms with E-state index in [1.807, 2.05) is 37.5 Å². The second-order valence-electron chi connectivity index (χ2n) is 5.57. The van der Waals surface area contributed by atoms with E-state index in [2.05, 4.69) is 21.9 Å². The lowest BCUT2D eigenvalue weighted by atomic mass is 10.1. The summed E-state index contributed by atoms with van der Waals surface area (Å²) < 4.78 is 15.5. The maximum atomic E-state index is 13.7. The van der Waals surface area contributed by atoms with Crippen molar-refractivity contribution in [3.8, 4) is 5.69 Å². The van der Waals surface area contributed by atoms with Crippen molar-refractivity contribution in [1.29, 1.82) is 0 Å². The summed E-state index contributed by atoms with van der Waals surface area (Å²) in [6.07, 6.45) is 5.36.